The van der Waals surface area contributed by atoms with Gasteiger partial charge in [0.2, 0.25) is 0 Å². The van der Waals surface area contributed by atoms with Gasteiger partial charge in [-0.15, -0.1) is 0 Å². The maximum absolute atomic E-state index is 11.4. The van der Waals surface area contributed by atoms with Gasteiger partial charge in [-0.3, -0.25) is 9.59 Å². The van der Waals surface area contributed by atoms with Crippen molar-refractivity contribution in [1.82, 2.24) is 0 Å². The largest absolute Gasteiger partial charge is 0.442 e. The molecular formula is C8H9ClO3. The van der Waals surface area contributed by atoms with Gasteiger partial charge >= 0.3 is 5.97 Å². The molecule has 2 aliphatic rings. The molecule has 66 valence electrons. The van der Waals surface area contributed by atoms with Gasteiger partial charge in [0.1, 0.15) is 5.78 Å². The molecule has 0 aromatic heterocycles. The summed E-state index contributed by atoms with van der Waals surface area (Å²) < 4.78 is 4.95. The summed E-state index contributed by atoms with van der Waals surface area (Å²) in [6.07, 6.45) is 1.01. The SMILES string of the molecule is C[C@@]12CC(=O)O[C@]1(Cl)CCC2=O. The number of esters is 1. The number of hydrogen-bond donors (Lipinski definition) is 0. The highest BCUT2D eigenvalue weighted by atomic mass is 35.5. The van der Waals surface area contributed by atoms with E-state index in [-0.39, 0.29) is 18.2 Å². The number of ketones is 1. The predicted molar refractivity (Wildman–Crippen MR) is 41.6 cm³/mol. The first-order chi connectivity index (χ1) is 5.48. The van der Waals surface area contributed by atoms with Crippen LogP contribution in [0.4, 0.5) is 0 Å². The number of alkyl halides is 1. The van der Waals surface area contributed by atoms with Gasteiger partial charge in [-0.1, -0.05) is 11.6 Å². The summed E-state index contributed by atoms with van der Waals surface area (Å²) >= 11 is 6.04. The second-order valence-corrected chi connectivity index (χ2v) is 4.25. The average molecular weight is 189 g/mol. The number of ether oxygens (including phenoxy) is 1. The molecule has 0 N–H and O–H groups in total. The maximum atomic E-state index is 11.4. The second kappa shape index (κ2) is 2.02. The van der Waals surface area contributed by atoms with Gasteiger partial charge in [0.05, 0.1) is 11.8 Å². The van der Waals surface area contributed by atoms with Crippen LogP contribution in [0.1, 0.15) is 26.2 Å². The minimum absolute atomic E-state index is 0.0448. The number of carbonyl (C=O) groups excluding carboxylic acids is 2. The first-order valence-corrected chi connectivity index (χ1v) is 4.30. The van der Waals surface area contributed by atoms with Crippen LogP contribution in [-0.2, 0) is 14.3 Å². The van der Waals surface area contributed by atoms with Crippen LogP contribution < -0.4 is 0 Å². The fourth-order valence-corrected chi connectivity index (χ4v) is 2.29. The number of fused-ring (bicyclic) bond motifs is 1. The summed E-state index contributed by atoms with van der Waals surface area (Å²) in [6.45, 7) is 1.71. The van der Waals surface area contributed by atoms with Crippen LogP contribution in [-0.4, -0.2) is 16.8 Å². The van der Waals surface area contributed by atoms with Gasteiger partial charge in [-0.2, -0.15) is 0 Å². The lowest BCUT2D eigenvalue weighted by Crippen LogP contribution is -2.36. The van der Waals surface area contributed by atoms with Crippen molar-refractivity contribution < 1.29 is 14.3 Å². The van der Waals surface area contributed by atoms with E-state index in [1.54, 1.807) is 6.92 Å². The van der Waals surface area contributed by atoms with Gasteiger partial charge in [0, 0.05) is 12.8 Å². The fraction of sp³-hybridized carbons (Fsp3) is 0.750. The Kier molecular flexibility index (Phi) is 1.35. The molecule has 1 saturated heterocycles. The molecule has 12 heavy (non-hydrogen) atoms. The molecule has 2 fully saturated rings. The van der Waals surface area contributed by atoms with E-state index >= 15 is 0 Å². The number of Topliss-reactive ketones (excluding diaryl/α,β-unsaturated/α-hetero) is 1. The zero-order valence-electron chi connectivity index (χ0n) is 6.72. The van der Waals surface area contributed by atoms with Crippen molar-refractivity contribution in [2.24, 2.45) is 5.41 Å². The zero-order chi connectivity index (χ0) is 8.98. The molecule has 1 aliphatic carbocycles. The Bertz CT molecular complexity index is 275. The third-order valence-corrected chi connectivity index (χ3v) is 3.57. The topological polar surface area (TPSA) is 43.4 Å². The molecule has 1 aliphatic heterocycles. The van der Waals surface area contributed by atoms with E-state index in [2.05, 4.69) is 0 Å². The lowest BCUT2D eigenvalue weighted by atomic mass is 9.84. The third kappa shape index (κ3) is 0.724. The normalized spacial score (nSPS) is 46.2. The van der Waals surface area contributed by atoms with Crippen LogP contribution in [0.5, 0.6) is 0 Å². The molecule has 1 heterocycles. The van der Waals surface area contributed by atoms with Crippen LogP contribution >= 0.6 is 11.6 Å². The van der Waals surface area contributed by atoms with Crippen LogP contribution in [0, 0.1) is 5.41 Å². The Morgan fingerprint density at radius 3 is 2.75 bits per heavy atom. The van der Waals surface area contributed by atoms with Crippen molar-refractivity contribution in [2.75, 3.05) is 0 Å². The highest BCUT2D eigenvalue weighted by molar-refractivity contribution is 6.28. The second-order valence-electron chi connectivity index (χ2n) is 3.63. The minimum atomic E-state index is -1.04. The van der Waals surface area contributed by atoms with E-state index in [1.807, 2.05) is 0 Å². The molecule has 0 aromatic carbocycles. The van der Waals surface area contributed by atoms with Crippen molar-refractivity contribution in [3.63, 3.8) is 0 Å². The standard InChI is InChI=1S/C8H9ClO3/c1-7-4-6(11)12-8(7,9)3-2-5(7)10/h2-4H2,1H3/t7-,8+/m0/s1. The van der Waals surface area contributed by atoms with Crippen molar-refractivity contribution in [1.29, 1.82) is 0 Å². The molecule has 0 radical (unpaired) electrons. The highest BCUT2D eigenvalue weighted by Crippen LogP contribution is 2.55. The van der Waals surface area contributed by atoms with E-state index in [4.69, 9.17) is 16.3 Å². The molecule has 0 aromatic rings. The van der Waals surface area contributed by atoms with E-state index in [0.29, 0.717) is 12.8 Å². The first kappa shape index (κ1) is 8.05. The van der Waals surface area contributed by atoms with Gasteiger partial charge in [-0.25, -0.2) is 0 Å². The van der Waals surface area contributed by atoms with Crippen LogP contribution in [0.3, 0.4) is 0 Å². The number of hydrogen-bond acceptors (Lipinski definition) is 3. The van der Waals surface area contributed by atoms with Crippen LogP contribution in [0.15, 0.2) is 0 Å². The molecule has 2 rings (SSSR count). The molecule has 0 spiro atoms. The van der Waals surface area contributed by atoms with Crippen LogP contribution in [0.2, 0.25) is 0 Å². The van der Waals surface area contributed by atoms with Crippen molar-refractivity contribution in [3.05, 3.63) is 0 Å². The van der Waals surface area contributed by atoms with Gasteiger partial charge < -0.3 is 4.74 Å². The van der Waals surface area contributed by atoms with Gasteiger partial charge in [-0.05, 0) is 6.92 Å². The van der Waals surface area contributed by atoms with Crippen molar-refractivity contribution in [3.8, 4) is 0 Å². The summed E-state index contributed by atoms with van der Waals surface area (Å²) in [4.78, 5) is 22.4. The van der Waals surface area contributed by atoms with Crippen LogP contribution in [0.25, 0.3) is 0 Å². The predicted octanol–water partition coefficient (Wildman–Crippen LogP) is 1.24. The molecule has 0 amide bonds. The Morgan fingerprint density at radius 1 is 1.50 bits per heavy atom. The van der Waals surface area contributed by atoms with Crippen molar-refractivity contribution in [2.45, 2.75) is 31.2 Å². The Morgan fingerprint density at radius 2 is 2.17 bits per heavy atom. The highest BCUT2D eigenvalue weighted by Gasteiger charge is 2.64. The number of carbonyl (C=O) groups is 2. The number of rotatable bonds is 0. The summed E-state index contributed by atoms with van der Waals surface area (Å²) in [5.74, 6) is -0.316. The van der Waals surface area contributed by atoms with Gasteiger partial charge in [0.15, 0.2) is 5.06 Å². The summed E-state index contributed by atoms with van der Waals surface area (Å²) in [5, 5.41) is -1.04. The molecule has 4 heteroatoms. The lowest BCUT2D eigenvalue weighted by Gasteiger charge is -2.26. The van der Waals surface area contributed by atoms with E-state index in [0.717, 1.165) is 0 Å². The molecule has 1 saturated carbocycles. The average Bonchev–Trinajstić information content (AvgIpc) is 2.28. The fourth-order valence-electron chi connectivity index (χ4n) is 1.93. The Labute approximate surface area is 75.0 Å². The summed E-state index contributed by atoms with van der Waals surface area (Å²) in [7, 11) is 0. The van der Waals surface area contributed by atoms with Gasteiger partial charge in [0.25, 0.3) is 0 Å². The molecule has 0 bridgehead atoms. The van der Waals surface area contributed by atoms with E-state index < -0.39 is 10.5 Å². The molecular weight excluding hydrogens is 180 g/mol. The number of halogens is 1. The first-order valence-electron chi connectivity index (χ1n) is 3.92. The monoisotopic (exact) mass is 188 g/mol. The molecule has 2 atom stereocenters. The smallest absolute Gasteiger partial charge is 0.308 e. The summed E-state index contributed by atoms with van der Waals surface area (Å²) in [5.41, 5.74) is -0.772. The minimum Gasteiger partial charge on any atom is -0.442 e. The Balaban J connectivity index is 2.45. The quantitative estimate of drug-likeness (QED) is 0.424. The molecule has 3 nitrogen and oxygen atoms in total. The molecule has 0 unspecified atom stereocenters. The summed E-state index contributed by atoms with van der Waals surface area (Å²) in [6, 6.07) is 0. The Hall–Kier alpha value is -0.570. The third-order valence-electron chi connectivity index (χ3n) is 2.89. The van der Waals surface area contributed by atoms with E-state index in [1.165, 1.54) is 0 Å². The maximum Gasteiger partial charge on any atom is 0.308 e. The lowest BCUT2D eigenvalue weighted by molar-refractivity contribution is -0.143. The van der Waals surface area contributed by atoms with E-state index in [9.17, 15) is 9.59 Å². The van der Waals surface area contributed by atoms with Crippen molar-refractivity contribution >= 4 is 23.4 Å². The zero-order valence-corrected chi connectivity index (χ0v) is 7.48.